The lowest BCUT2D eigenvalue weighted by Gasteiger charge is -2.28. The molecule has 1 aromatic rings. The Morgan fingerprint density at radius 3 is 2.80 bits per heavy atom. The van der Waals surface area contributed by atoms with E-state index < -0.39 is 0 Å². The lowest BCUT2D eigenvalue weighted by molar-refractivity contribution is 0.0752. The highest BCUT2D eigenvalue weighted by Gasteiger charge is 2.19. The maximum Gasteiger partial charge on any atom is 0.254 e. The monoisotopic (exact) mass is 202 g/mol. The Morgan fingerprint density at radius 2 is 2.13 bits per heavy atom. The first-order valence-electron chi connectivity index (χ1n) is 5.13. The van der Waals surface area contributed by atoms with Crippen molar-refractivity contribution in [3.05, 3.63) is 42.2 Å². The van der Waals surface area contributed by atoms with Crippen molar-refractivity contribution < 1.29 is 4.79 Å². The van der Waals surface area contributed by atoms with E-state index in [1.165, 1.54) is 0 Å². The molecule has 1 aliphatic rings. The molecule has 1 fully saturated rings. The molecule has 1 aromatic heterocycles. The van der Waals surface area contributed by atoms with Crippen LogP contribution in [0, 0.1) is 0 Å². The Kier molecular flexibility index (Phi) is 2.81. The second kappa shape index (κ2) is 4.26. The van der Waals surface area contributed by atoms with Gasteiger partial charge in [0, 0.05) is 31.0 Å². The molecule has 0 atom stereocenters. The third-order valence-corrected chi connectivity index (χ3v) is 2.59. The van der Waals surface area contributed by atoms with Gasteiger partial charge < -0.3 is 4.90 Å². The van der Waals surface area contributed by atoms with Crippen molar-refractivity contribution in [1.82, 2.24) is 9.88 Å². The van der Waals surface area contributed by atoms with Crippen molar-refractivity contribution in [1.29, 1.82) is 0 Å². The van der Waals surface area contributed by atoms with Crippen molar-refractivity contribution in [2.75, 3.05) is 13.1 Å². The predicted octanol–water partition coefficient (Wildman–Crippen LogP) is 1.87. The fourth-order valence-electron chi connectivity index (χ4n) is 1.80. The van der Waals surface area contributed by atoms with Gasteiger partial charge in [-0.1, -0.05) is 12.2 Å². The predicted molar refractivity (Wildman–Crippen MR) is 58.5 cm³/mol. The number of piperidine rings is 1. The number of aromatic nitrogens is 1. The molecule has 15 heavy (non-hydrogen) atoms. The van der Waals surface area contributed by atoms with Gasteiger partial charge in [-0.3, -0.25) is 9.78 Å². The summed E-state index contributed by atoms with van der Waals surface area (Å²) in [6.07, 6.45) is 5.35. The second-order valence-corrected chi connectivity index (χ2v) is 3.82. The number of likely N-dealkylation sites (tertiary alicyclic amines) is 1. The van der Waals surface area contributed by atoms with Gasteiger partial charge in [-0.2, -0.15) is 0 Å². The zero-order chi connectivity index (χ0) is 10.7. The highest BCUT2D eigenvalue weighted by atomic mass is 16.2. The summed E-state index contributed by atoms with van der Waals surface area (Å²) in [5.74, 6) is 0.0817. The van der Waals surface area contributed by atoms with Gasteiger partial charge in [-0.25, -0.2) is 0 Å². The average molecular weight is 202 g/mol. The van der Waals surface area contributed by atoms with E-state index in [4.69, 9.17) is 0 Å². The molecule has 2 heterocycles. The number of carbonyl (C=O) groups excluding carboxylic acids is 1. The highest BCUT2D eigenvalue weighted by molar-refractivity contribution is 5.94. The van der Waals surface area contributed by atoms with E-state index in [0.29, 0.717) is 12.1 Å². The van der Waals surface area contributed by atoms with Crippen LogP contribution in [0.15, 0.2) is 36.7 Å². The maximum atomic E-state index is 12.0. The highest BCUT2D eigenvalue weighted by Crippen LogP contribution is 2.15. The first-order chi connectivity index (χ1) is 7.27. The molecular weight excluding hydrogens is 188 g/mol. The van der Waals surface area contributed by atoms with Crippen molar-refractivity contribution in [3.8, 4) is 0 Å². The molecule has 0 spiro atoms. The van der Waals surface area contributed by atoms with Crippen LogP contribution in [0.5, 0.6) is 0 Å². The van der Waals surface area contributed by atoms with Crippen LogP contribution in [0.1, 0.15) is 23.2 Å². The standard InChI is InChI=1S/C12H14N2O/c1-10-3-2-8-14(9-10)12(15)11-4-6-13-7-5-11/h4-7H,1-3,8-9H2. The van der Waals surface area contributed by atoms with Gasteiger partial charge in [0.2, 0.25) is 0 Å². The molecule has 78 valence electrons. The quantitative estimate of drug-likeness (QED) is 0.651. The van der Waals surface area contributed by atoms with Crippen LogP contribution in [0.2, 0.25) is 0 Å². The third kappa shape index (κ3) is 2.24. The molecule has 3 heteroatoms. The van der Waals surface area contributed by atoms with E-state index in [1.54, 1.807) is 24.5 Å². The van der Waals surface area contributed by atoms with Gasteiger partial charge in [0.25, 0.3) is 5.91 Å². The van der Waals surface area contributed by atoms with Crippen molar-refractivity contribution in [3.63, 3.8) is 0 Å². The Balaban J connectivity index is 2.11. The molecule has 3 nitrogen and oxygen atoms in total. The summed E-state index contributed by atoms with van der Waals surface area (Å²) in [5, 5.41) is 0. The summed E-state index contributed by atoms with van der Waals surface area (Å²) in [6.45, 7) is 5.46. The first kappa shape index (κ1) is 9.90. The minimum Gasteiger partial charge on any atom is -0.335 e. The van der Waals surface area contributed by atoms with Crippen molar-refractivity contribution in [2.45, 2.75) is 12.8 Å². The molecule has 1 saturated heterocycles. The van der Waals surface area contributed by atoms with E-state index >= 15 is 0 Å². The molecule has 0 aromatic carbocycles. The minimum atomic E-state index is 0.0817. The maximum absolute atomic E-state index is 12.0. The van der Waals surface area contributed by atoms with Gasteiger partial charge in [0.15, 0.2) is 0 Å². The fourth-order valence-corrected chi connectivity index (χ4v) is 1.80. The summed E-state index contributed by atoms with van der Waals surface area (Å²) in [7, 11) is 0. The number of amides is 1. The number of carbonyl (C=O) groups is 1. The Bertz CT molecular complexity index is 372. The normalized spacial score (nSPS) is 16.5. The number of hydrogen-bond acceptors (Lipinski definition) is 2. The molecule has 0 bridgehead atoms. The Hall–Kier alpha value is -1.64. The summed E-state index contributed by atoms with van der Waals surface area (Å²) >= 11 is 0. The minimum absolute atomic E-state index is 0.0817. The molecule has 1 amide bonds. The van der Waals surface area contributed by atoms with E-state index in [0.717, 1.165) is 25.0 Å². The molecule has 0 N–H and O–H groups in total. The molecule has 0 aliphatic carbocycles. The Labute approximate surface area is 89.4 Å². The molecule has 0 radical (unpaired) electrons. The van der Waals surface area contributed by atoms with Crippen LogP contribution in [0.3, 0.4) is 0 Å². The van der Waals surface area contributed by atoms with Gasteiger partial charge in [0.05, 0.1) is 0 Å². The van der Waals surface area contributed by atoms with Gasteiger partial charge >= 0.3 is 0 Å². The summed E-state index contributed by atoms with van der Waals surface area (Å²) in [5.41, 5.74) is 1.85. The molecule has 0 unspecified atom stereocenters. The molecule has 2 rings (SSSR count). The molecule has 1 aliphatic heterocycles. The van der Waals surface area contributed by atoms with Crippen molar-refractivity contribution in [2.24, 2.45) is 0 Å². The van der Waals surface area contributed by atoms with E-state index in [2.05, 4.69) is 11.6 Å². The third-order valence-electron chi connectivity index (χ3n) is 2.59. The lowest BCUT2D eigenvalue weighted by Crippen LogP contribution is -2.36. The number of hydrogen-bond donors (Lipinski definition) is 0. The first-order valence-corrected chi connectivity index (χ1v) is 5.13. The van der Waals surface area contributed by atoms with E-state index in [1.807, 2.05) is 4.90 Å². The van der Waals surface area contributed by atoms with Gasteiger partial charge in [-0.05, 0) is 25.0 Å². The van der Waals surface area contributed by atoms with Crippen LogP contribution in [0.25, 0.3) is 0 Å². The zero-order valence-corrected chi connectivity index (χ0v) is 8.65. The second-order valence-electron chi connectivity index (χ2n) is 3.82. The van der Waals surface area contributed by atoms with Gasteiger partial charge in [-0.15, -0.1) is 0 Å². The van der Waals surface area contributed by atoms with Crippen LogP contribution >= 0.6 is 0 Å². The van der Waals surface area contributed by atoms with Crippen LogP contribution in [-0.4, -0.2) is 28.9 Å². The largest absolute Gasteiger partial charge is 0.335 e. The van der Waals surface area contributed by atoms with Crippen molar-refractivity contribution >= 4 is 5.91 Å². The van der Waals surface area contributed by atoms with Crippen LogP contribution in [0.4, 0.5) is 0 Å². The van der Waals surface area contributed by atoms with Crippen LogP contribution in [-0.2, 0) is 0 Å². The van der Waals surface area contributed by atoms with E-state index in [9.17, 15) is 4.79 Å². The fraction of sp³-hybridized carbons (Fsp3) is 0.333. The number of pyridine rings is 1. The number of rotatable bonds is 1. The smallest absolute Gasteiger partial charge is 0.254 e. The van der Waals surface area contributed by atoms with Gasteiger partial charge in [0.1, 0.15) is 0 Å². The molecule has 0 saturated carbocycles. The SMILES string of the molecule is C=C1CCCN(C(=O)c2ccncc2)C1. The summed E-state index contributed by atoms with van der Waals surface area (Å²) in [4.78, 5) is 17.8. The lowest BCUT2D eigenvalue weighted by atomic mass is 10.1. The number of nitrogens with zero attached hydrogens (tertiary/aromatic N) is 2. The van der Waals surface area contributed by atoms with E-state index in [-0.39, 0.29) is 5.91 Å². The summed E-state index contributed by atoms with van der Waals surface area (Å²) in [6, 6.07) is 3.50. The Morgan fingerprint density at radius 1 is 1.40 bits per heavy atom. The summed E-state index contributed by atoms with van der Waals surface area (Å²) < 4.78 is 0. The average Bonchev–Trinajstić information content (AvgIpc) is 2.29. The van der Waals surface area contributed by atoms with Crippen LogP contribution < -0.4 is 0 Å². The topological polar surface area (TPSA) is 33.2 Å². The molecular formula is C12H14N2O. The zero-order valence-electron chi connectivity index (χ0n) is 8.65.